The van der Waals surface area contributed by atoms with Crippen LogP contribution in [0.5, 0.6) is 0 Å². The minimum atomic E-state index is 0.399. The zero-order valence-corrected chi connectivity index (χ0v) is 12.6. The average molecular weight is 253 g/mol. The molecule has 0 heterocycles. The minimum absolute atomic E-state index is 0.399. The second-order valence-corrected chi connectivity index (χ2v) is 6.99. The van der Waals surface area contributed by atoms with E-state index in [2.05, 4.69) is 33.0 Å². The van der Waals surface area contributed by atoms with E-state index < -0.39 is 0 Å². The van der Waals surface area contributed by atoms with Gasteiger partial charge in [0.1, 0.15) is 0 Å². The minimum Gasteiger partial charge on any atom is -0.373 e. The molecule has 2 heteroatoms. The van der Waals surface area contributed by atoms with Crippen LogP contribution in [0.15, 0.2) is 0 Å². The van der Waals surface area contributed by atoms with Gasteiger partial charge in [-0.1, -0.05) is 27.7 Å². The van der Waals surface area contributed by atoms with Crippen molar-refractivity contribution < 1.29 is 4.74 Å². The van der Waals surface area contributed by atoms with Gasteiger partial charge >= 0.3 is 0 Å². The Balaban J connectivity index is 1.76. The van der Waals surface area contributed by atoms with E-state index >= 15 is 0 Å². The van der Waals surface area contributed by atoms with Crippen LogP contribution in [0, 0.1) is 17.8 Å². The third kappa shape index (κ3) is 4.24. The lowest BCUT2D eigenvalue weighted by atomic mass is 9.80. The van der Waals surface area contributed by atoms with Gasteiger partial charge in [-0.05, 0) is 49.9 Å². The Bertz CT molecular complexity index is 249. The molecule has 4 unspecified atom stereocenters. The van der Waals surface area contributed by atoms with Crippen molar-refractivity contribution in [1.82, 2.24) is 5.32 Å². The number of hydrogen-bond acceptors (Lipinski definition) is 2. The second-order valence-electron chi connectivity index (χ2n) is 6.99. The summed E-state index contributed by atoms with van der Waals surface area (Å²) in [6.07, 6.45) is 7.49. The van der Waals surface area contributed by atoms with Gasteiger partial charge in [0.25, 0.3) is 0 Å². The first kappa shape index (κ1) is 14.3. The number of rotatable bonds is 6. The van der Waals surface area contributed by atoms with E-state index in [9.17, 15) is 0 Å². The zero-order valence-electron chi connectivity index (χ0n) is 12.6. The molecule has 0 bridgehead atoms. The molecule has 18 heavy (non-hydrogen) atoms. The fourth-order valence-corrected chi connectivity index (χ4v) is 2.88. The Kier molecular flexibility index (Phi) is 5.08. The smallest absolute Gasteiger partial charge is 0.0726 e. The van der Waals surface area contributed by atoms with Gasteiger partial charge in [-0.25, -0.2) is 0 Å². The molecule has 106 valence electrons. The van der Waals surface area contributed by atoms with Crippen molar-refractivity contribution in [2.24, 2.45) is 17.8 Å². The predicted molar refractivity (Wildman–Crippen MR) is 76.7 cm³/mol. The topological polar surface area (TPSA) is 21.3 Å². The van der Waals surface area contributed by atoms with E-state index in [-0.39, 0.29) is 0 Å². The predicted octanol–water partition coefficient (Wildman–Crippen LogP) is 3.60. The molecule has 0 aliphatic heterocycles. The lowest BCUT2D eigenvalue weighted by Gasteiger charge is -2.35. The molecular weight excluding hydrogens is 222 g/mol. The molecule has 2 nitrogen and oxygen atoms in total. The maximum atomic E-state index is 6.39. The highest BCUT2D eigenvalue weighted by atomic mass is 16.5. The van der Waals surface area contributed by atoms with Crippen molar-refractivity contribution in [2.45, 2.75) is 78.0 Å². The highest BCUT2D eigenvalue weighted by molar-refractivity contribution is 4.83. The van der Waals surface area contributed by atoms with E-state index in [4.69, 9.17) is 4.74 Å². The molecule has 0 aromatic heterocycles. The van der Waals surface area contributed by atoms with Gasteiger partial charge in [-0.3, -0.25) is 0 Å². The van der Waals surface area contributed by atoms with Crippen molar-refractivity contribution in [3.05, 3.63) is 0 Å². The van der Waals surface area contributed by atoms with Crippen LogP contribution in [0.3, 0.4) is 0 Å². The van der Waals surface area contributed by atoms with Gasteiger partial charge in [0.05, 0.1) is 12.2 Å². The first-order valence-corrected chi connectivity index (χ1v) is 7.95. The summed E-state index contributed by atoms with van der Waals surface area (Å²) >= 11 is 0. The Hall–Kier alpha value is -0.0800. The molecule has 0 aromatic carbocycles. The SMILES string of the molecule is CC(C)C(CNC1CC1)OC1CCC(C)C(C)C1. The fraction of sp³-hybridized carbons (Fsp3) is 1.00. The highest BCUT2D eigenvalue weighted by Gasteiger charge is 2.29. The Morgan fingerprint density at radius 2 is 1.78 bits per heavy atom. The normalized spacial score (nSPS) is 34.8. The van der Waals surface area contributed by atoms with Crippen molar-refractivity contribution >= 4 is 0 Å². The van der Waals surface area contributed by atoms with Crippen LogP contribution in [0.25, 0.3) is 0 Å². The molecule has 2 rings (SSSR count). The first-order chi connectivity index (χ1) is 8.56. The molecule has 2 aliphatic rings. The van der Waals surface area contributed by atoms with E-state index in [0.717, 1.165) is 24.4 Å². The van der Waals surface area contributed by atoms with Crippen LogP contribution in [-0.2, 0) is 4.74 Å². The maximum Gasteiger partial charge on any atom is 0.0726 e. The molecule has 4 atom stereocenters. The van der Waals surface area contributed by atoms with Crippen molar-refractivity contribution in [3.8, 4) is 0 Å². The number of nitrogens with one attached hydrogen (secondary N) is 1. The monoisotopic (exact) mass is 253 g/mol. The fourth-order valence-electron chi connectivity index (χ4n) is 2.88. The van der Waals surface area contributed by atoms with Crippen LogP contribution < -0.4 is 5.32 Å². The Morgan fingerprint density at radius 1 is 1.06 bits per heavy atom. The molecule has 0 radical (unpaired) electrons. The van der Waals surface area contributed by atoms with Crippen LogP contribution in [0.2, 0.25) is 0 Å². The van der Waals surface area contributed by atoms with E-state index in [1.54, 1.807) is 0 Å². The molecule has 0 amide bonds. The molecule has 1 N–H and O–H groups in total. The molecule has 2 aliphatic carbocycles. The molecule has 0 spiro atoms. The third-order valence-corrected chi connectivity index (χ3v) is 4.85. The lowest BCUT2D eigenvalue weighted by Crippen LogP contribution is -2.39. The number of hydrogen-bond donors (Lipinski definition) is 1. The first-order valence-electron chi connectivity index (χ1n) is 7.95. The standard InChI is InChI=1S/C16H31NO/c1-11(2)16(10-17-14-6-7-14)18-15-8-5-12(3)13(4)9-15/h11-17H,5-10H2,1-4H3. The molecule has 0 saturated heterocycles. The summed E-state index contributed by atoms with van der Waals surface area (Å²) in [5.74, 6) is 2.32. The van der Waals surface area contributed by atoms with Gasteiger partial charge in [0, 0.05) is 12.6 Å². The largest absolute Gasteiger partial charge is 0.373 e. The number of ether oxygens (including phenoxy) is 1. The summed E-state index contributed by atoms with van der Waals surface area (Å²) in [5, 5.41) is 3.62. The maximum absolute atomic E-state index is 6.39. The molecular formula is C16H31NO. The highest BCUT2D eigenvalue weighted by Crippen LogP contribution is 2.32. The summed E-state index contributed by atoms with van der Waals surface area (Å²) in [6, 6.07) is 0.792. The van der Waals surface area contributed by atoms with Gasteiger partial charge in [0.2, 0.25) is 0 Å². The van der Waals surface area contributed by atoms with E-state index in [0.29, 0.717) is 18.1 Å². The van der Waals surface area contributed by atoms with Crippen molar-refractivity contribution in [1.29, 1.82) is 0 Å². The zero-order chi connectivity index (χ0) is 13.1. The lowest BCUT2D eigenvalue weighted by molar-refractivity contribution is -0.0642. The van der Waals surface area contributed by atoms with E-state index in [1.165, 1.54) is 32.1 Å². The second kappa shape index (κ2) is 6.38. The van der Waals surface area contributed by atoms with Crippen molar-refractivity contribution in [2.75, 3.05) is 6.54 Å². The van der Waals surface area contributed by atoms with Crippen LogP contribution >= 0.6 is 0 Å². The van der Waals surface area contributed by atoms with Crippen molar-refractivity contribution in [3.63, 3.8) is 0 Å². The van der Waals surface area contributed by atoms with Gasteiger partial charge in [0.15, 0.2) is 0 Å². The Morgan fingerprint density at radius 3 is 2.33 bits per heavy atom. The molecule has 2 saturated carbocycles. The quantitative estimate of drug-likeness (QED) is 0.781. The summed E-state index contributed by atoms with van der Waals surface area (Å²) in [6.45, 7) is 10.4. The Labute approximate surface area is 113 Å². The van der Waals surface area contributed by atoms with Crippen LogP contribution in [-0.4, -0.2) is 24.8 Å². The van der Waals surface area contributed by atoms with Gasteiger partial charge in [-0.15, -0.1) is 0 Å². The summed E-state index contributed by atoms with van der Waals surface area (Å²) in [7, 11) is 0. The summed E-state index contributed by atoms with van der Waals surface area (Å²) in [5.41, 5.74) is 0. The molecule has 0 aromatic rings. The van der Waals surface area contributed by atoms with Crippen LogP contribution in [0.1, 0.15) is 59.8 Å². The van der Waals surface area contributed by atoms with Gasteiger partial charge in [-0.2, -0.15) is 0 Å². The third-order valence-electron chi connectivity index (χ3n) is 4.85. The van der Waals surface area contributed by atoms with Gasteiger partial charge < -0.3 is 10.1 Å². The average Bonchev–Trinajstić information content (AvgIpc) is 3.12. The van der Waals surface area contributed by atoms with Crippen LogP contribution in [0.4, 0.5) is 0 Å². The summed E-state index contributed by atoms with van der Waals surface area (Å²) in [4.78, 5) is 0. The molecule has 2 fully saturated rings. The van der Waals surface area contributed by atoms with E-state index in [1.807, 2.05) is 0 Å². The summed E-state index contributed by atoms with van der Waals surface area (Å²) < 4.78 is 6.39.